The summed E-state index contributed by atoms with van der Waals surface area (Å²) in [6.45, 7) is 0. The molecule has 0 amide bonds. The number of benzene rings is 1. The smallest absolute Gasteiger partial charge is 0.200 e. The largest absolute Gasteiger partial charge is 0.298 e. The predicted molar refractivity (Wildman–Crippen MR) is 31.6 cm³/mol. The van der Waals surface area contributed by atoms with E-state index < -0.39 is 40.9 Å². The van der Waals surface area contributed by atoms with E-state index in [1.807, 2.05) is 0 Å². The molecule has 1 aromatic rings. The van der Waals surface area contributed by atoms with E-state index in [2.05, 4.69) is 0 Å². The molecule has 0 saturated heterocycles. The van der Waals surface area contributed by atoms with Gasteiger partial charge in [-0.05, 0) is 0 Å². The maximum atomic E-state index is 12.5. The summed E-state index contributed by atoms with van der Waals surface area (Å²) in [5, 5.41) is 0. The van der Waals surface area contributed by atoms with Gasteiger partial charge in [-0.25, -0.2) is 22.0 Å². The second kappa shape index (κ2) is 3.12. The molecule has 13 heavy (non-hydrogen) atoms. The van der Waals surface area contributed by atoms with Crippen molar-refractivity contribution >= 4 is 6.29 Å². The fourth-order valence-corrected chi connectivity index (χ4v) is 0.725. The normalized spacial score (nSPS) is 10.2. The van der Waals surface area contributed by atoms with Crippen molar-refractivity contribution in [1.29, 1.82) is 0 Å². The van der Waals surface area contributed by atoms with Crippen LogP contribution in [-0.4, -0.2) is 6.29 Å². The van der Waals surface area contributed by atoms with Gasteiger partial charge >= 0.3 is 0 Å². The summed E-state index contributed by atoms with van der Waals surface area (Å²) < 4.78 is 61.7. The average Bonchev–Trinajstić information content (AvgIpc) is 2.13. The molecule has 0 aliphatic carbocycles. The third kappa shape index (κ3) is 1.28. The first kappa shape index (κ1) is 9.63. The summed E-state index contributed by atoms with van der Waals surface area (Å²) in [5.74, 6) is -10.8. The second-order valence-electron chi connectivity index (χ2n) is 2.10. The van der Waals surface area contributed by atoms with Gasteiger partial charge in [0.25, 0.3) is 0 Å². The highest BCUT2D eigenvalue weighted by Crippen LogP contribution is 2.21. The molecule has 1 rings (SSSR count). The van der Waals surface area contributed by atoms with Crippen molar-refractivity contribution in [3.05, 3.63) is 34.6 Å². The van der Waals surface area contributed by atoms with E-state index in [4.69, 9.17) is 0 Å². The Morgan fingerprint density at radius 1 is 0.692 bits per heavy atom. The van der Waals surface area contributed by atoms with Crippen LogP contribution in [0, 0.1) is 29.1 Å². The Morgan fingerprint density at radius 2 is 1.00 bits per heavy atom. The summed E-state index contributed by atoms with van der Waals surface area (Å²) in [4.78, 5) is 9.93. The molecule has 0 fully saturated rings. The van der Waals surface area contributed by atoms with Crippen LogP contribution in [0.1, 0.15) is 10.4 Å². The first-order valence-electron chi connectivity index (χ1n) is 2.97. The summed E-state index contributed by atoms with van der Waals surface area (Å²) >= 11 is 0. The molecule has 0 unspecified atom stereocenters. The lowest BCUT2D eigenvalue weighted by atomic mass is 10.2. The maximum absolute atomic E-state index is 12.5. The molecule has 0 bridgehead atoms. The van der Waals surface area contributed by atoms with Crippen LogP contribution < -0.4 is 0 Å². The zero-order valence-electron chi connectivity index (χ0n) is 5.88. The molecule has 0 aliphatic rings. The van der Waals surface area contributed by atoms with Crippen LogP contribution in [0.15, 0.2) is 0 Å². The van der Waals surface area contributed by atoms with Crippen molar-refractivity contribution in [3.8, 4) is 0 Å². The molecular formula is C7HF5O. The molecule has 0 aromatic heterocycles. The van der Waals surface area contributed by atoms with Crippen molar-refractivity contribution in [1.82, 2.24) is 0 Å². The summed E-state index contributed by atoms with van der Waals surface area (Å²) in [5.41, 5.74) is -1.46. The van der Waals surface area contributed by atoms with E-state index in [0.717, 1.165) is 0 Å². The first-order chi connectivity index (χ1) is 6.00. The van der Waals surface area contributed by atoms with E-state index in [1.165, 1.54) is 0 Å². The van der Waals surface area contributed by atoms with E-state index in [9.17, 15) is 26.7 Å². The molecule has 70 valence electrons. The highest BCUT2D eigenvalue weighted by molar-refractivity contribution is 5.75. The minimum atomic E-state index is -2.28. The number of carbonyl (C=O) groups is 1. The lowest BCUT2D eigenvalue weighted by Gasteiger charge is -2.01. The zero-order chi connectivity index (χ0) is 10.2. The Bertz CT molecular complexity index is 345. The minimum Gasteiger partial charge on any atom is -0.298 e. The molecule has 0 aliphatic heterocycles. The van der Waals surface area contributed by atoms with Gasteiger partial charge in [-0.1, -0.05) is 0 Å². The number of halogens is 5. The number of carbonyl (C=O) groups excluding carboxylic acids is 1. The number of hydrogen-bond acceptors (Lipinski definition) is 1. The third-order valence-corrected chi connectivity index (χ3v) is 1.36. The van der Waals surface area contributed by atoms with Gasteiger partial charge in [0, 0.05) is 0 Å². The molecule has 0 radical (unpaired) electrons. The van der Waals surface area contributed by atoms with Crippen LogP contribution in [0.25, 0.3) is 0 Å². The summed E-state index contributed by atoms with van der Waals surface area (Å²) in [6, 6.07) is 0. The van der Waals surface area contributed by atoms with Crippen molar-refractivity contribution < 1.29 is 26.7 Å². The SMILES string of the molecule is O=Cc1c(F)c(F)c(F)c(F)c1F. The van der Waals surface area contributed by atoms with Gasteiger partial charge < -0.3 is 0 Å². The standard InChI is InChI=1S/C7HF5O/c8-3-2(1-13)4(9)6(11)7(12)5(3)10/h1H. The van der Waals surface area contributed by atoms with Crippen molar-refractivity contribution in [3.63, 3.8) is 0 Å². The molecule has 0 N–H and O–H groups in total. The first-order valence-corrected chi connectivity index (χ1v) is 2.97. The topological polar surface area (TPSA) is 17.1 Å². The van der Waals surface area contributed by atoms with Gasteiger partial charge in [-0.2, -0.15) is 0 Å². The lowest BCUT2D eigenvalue weighted by Crippen LogP contribution is -2.05. The molecule has 0 heterocycles. The molecule has 1 nitrogen and oxygen atoms in total. The quantitative estimate of drug-likeness (QED) is 0.291. The van der Waals surface area contributed by atoms with E-state index >= 15 is 0 Å². The van der Waals surface area contributed by atoms with Crippen LogP contribution in [-0.2, 0) is 0 Å². The van der Waals surface area contributed by atoms with E-state index in [0.29, 0.717) is 0 Å². The fraction of sp³-hybridized carbons (Fsp3) is 0. The van der Waals surface area contributed by atoms with Crippen molar-refractivity contribution in [2.45, 2.75) is 0 Å². The van der Waals surface area contributed by atoms with Crippen LogP contribution in [0.3, 0.4) is 0 Å². The van der Waals surface area contributed by atoms with Crippen LogP contribution in [0.2, 0.25) is 0 Å². The lowest BCUT2D eigenvalue weighted by molar-refractivity contribution is 0.111. The third-order valence-electron chi connectivity index (χ3n) is 1.36. The van der Waals surface area contributed by atoms with Crippen LogP contribution >= 0.6 is 0 Å². The van der Waals surface area contributed by atoms with Crippen molar-refractivity contribution in [2.75, 3.05) is 0 Å². The predicted octanol–water partition coefficient (Wildman–Crippen LogP) is 2.19. The fourth-order valence-electron chi connectivity index (χ4n) is 0.725. The monoisotopic (exact) mass is 196 g/mol. The average molecular weight is 196 g/mol. The van der Waals surface area contributed by atoms with Gasteiger partial charge in [0.15, 0.2) is 29.6 Å². The summed E-state index contributed by atoms with van der Waals surface area (Å²) in [7, 11) is 0. The van der Waals surface area contributed by atoms with Gasteiger partial charge in [-0.15, -0.1) is 0 Å². The Balaban J connectivity index is 3.66. The number of rotatable bonds is 1. The zero-order valence-corrected chi connectivity index (χ0v) is 5.88. The Labute approximate surface area is 68.8 Å². The van der Waals surface area contributed by atoms with Gasteiger partial charge in [0.1, 0.15) is 0 Å². The van der Waals surface area contributed by atoms with E-state index in [1.54, 1.807) is 0 Å². The number of hydrogen-bond donors (Lipinski definition) is 0. The van der Waals surface area contributed by atoms with Gasteiger partial charge in [0.05, 0.1) is 5.56 Å². The highest BCUT2D eigenvalue weighted by atomic mass is 19.2. The van der Waals surface area contributed by atoms with Crippen LogP contribution in [0.5, 0.6) is 0 Å². The Kier molecular flexibility index (Phi) is 2.31. The molecular weight excluding hydrogens is 195 g/mol. The van der Waals surface area contributed by atoms with Gasteiger partial charge in [0.2, 0.25) is 5.82 Å². The molecule has 1 aromatic carbocycles. The van der Waals surface area contributed by atoms with E-state index in [-0.39, 0.29) is 0 Å². The maximum Gasteiger partial charge on any atom is 0.200 e. The molecule has 0 saturated carbocycles. The molecule has 0 atom stereocenters. The highest BCUT2D eigenvalue weighted by Gasteiger charge is 2.24. The van der Waals surface area contributed by atoms with Crippen molar-refractivity contribution in [2.24, 2.45) is 0 Å². The molecule has 6 heteroatoms. The van der Waals surface area contributed by atoms with Gasteiger partial charge in [-0.3, -0.25) is 4.79 Å². The molecule has 0 spiro atoms. The number of aldehydes is 1. The Morgan fingerprint density at radius 3 is 1.31 bits per heavy atom. The van der Waals surface area contributed by atoms with Crippen LogP contribution in [0.4, 0.5) is 22.0 Å². The minimum absolute atomic E-state index is 0.434. The Hall–Kier alpha value is -1.46. The second-order valence-corrected chi connectivity index (χ2v) is 2.10. The summed E-state index contributed by atoms with van der Waals surface area (Å²) in [6.07, 6.45) is -0.434.